The minimum absolute atomic E-state index is 0.0333. The predicted molar refractivity (Wildman–Crippen MR) is 154 cm³/mol. The van der Waals surface area contributed by atoms with Crippen molar-refractivity contribution in [2.45, 2.75) is 56.0 Å². The van der Waals surface area contributed by atoms with Gasteiger partial charge in [0.1, 0.15) is 47.6 Å². The molecule has 0 bridgehead atoms. The van der Waals surface area contributed by atoms with Crippen LogP contribution in [0.1, 0.15) is 30.0 Å². The Bertz CT molecular complexity index is 1450. The first-order valence-corrected chi connectivity index (χ1v) is 15.6. The lowest BCUT2D eigenvalue weighted by Gasteiger charge is -2.50. The molecular formula is C31H35F2NO8S. The van der Waals surface area contributed by atoms with Crippen LogP contribution in [0.3, 0.4) is 0 Å². The van der Waals surface area contributed by atoms with Crippen molar-refractivity contribution in [2.24, 2.45) is 5.92 Å². The molecule has 0 aliphatic carbocycles. The van der Waals surface area contributed by atoms with Gasteiger partial charge in [-0.1, -0.05) is 24.3 Å². The molecule has 2 aliphatic heterocycles. The number of benzene rings is 3. The van der Waals surface area contributed by atoms with E-state index in [4.69, 9.17) is 13.7 Å². The predicted octanol–water partition coefficient (Wildman–Crippen LogP) is 3.33. The second-order valence-electron chi connectivity index (χ2n) is 11.0. The summed E-state index contributed by atoms with van der Waals surface area (Å²) in [6.07, 6.45) is -4.96. The lowest BCUT2D eigenvalue weighted by Crippen LogP contribution is -2.59. The standard InChI is InChI=1S/C31H35F2NO8S/c1-40-31-30(37)29(36)28(35)26(41-31)18-43(38,39)42-25-15-7-20(8-16-25)27-21(4-2-3-19-5-9-22(32)10-6-19)17-34(27)24-13-11-23(33)12-14-24/h5-16,21,26-31,35-37H,2-4,17-18H2,1H3/t21-,26+,27+,28+,29-,30+,31-/m0/s1. The van der Waals surface area contributed by atoms with Gasteiger partial charge in [0.15, 0.2) is 6.29 Å². The summed E-state index contributed by atoms with van der Waals surface area (Å²) in [4.78, 5) is 2.17. The van der Waals surface area contributed by atoms with Crippen molar-refractivity contribution in [3.05, 3.63) is 95.6 Å². The fraction of sp³-hybridized carbons (Fsp3) is 0.419. The quantitative estimate of drug-likeness (QED) is 0.277. The number of aliphatic hydroxyl groups excluding tert-OH is 3. The molecule has 2 fully saturated rings. The normalized spacial score (nSPS) is 27.5. The number of nitrogens with zero attached hydrogens (tertiary/aromatic N) is 1. The van der Waals surface area contributed by atoms with Crippen molar-refractivity contribution in [2.75, 3.05) is 24.3 Å². The molecule has 5 rings (SSSR count). The Balaban J connectivity index is 1.26. The Morgan fingerprint density at radius 2 is 1.51 bits per heavy atom. The molecule has 0 saturated carbocycles. The van der Waals surface area contributed by atoms with E-state index in [0.29, 0.717) is 0 Å². The summed E-state index contributed by atoms with van der Waals surface area (Å²) in [5, 5.41) is 30.2. The van der Waals surface area contributed by atoms with Crippen LogP contribution in [0.4, 0.5) is 14.5 Å². The molecule has 0 unspecified atom stereocenters. The number of ether oxygens (including phenoxy) is 2. The summed E-state index contributed by atoms with van der Waals surface area (Å²) in [5.41, 5.74) is 2.86. The third-order valence-corrected chi connectivity index (χ3v) is 9.22. The molecule has 232 valence electrons. The van der Waals surface area contributed by atoms with Gasteiger partial charge in [0.25, 0.3) is 0 Å². The summed E-state index contributed by atoms with van der Waals surface area (Å²) >= 11 is 0. The summed E-state index contributed by atoms with van der Waals surface area (Å²) in [6, 6.07) is 19.4. The van der Waals surface area contributed by atoms with Crippen LogP contribution in [0.5, 0.6) is 5.75 Å². The molecule has 3 aromatic carbocycles. The van der Waals surface area contributed by atoms with E-state index in [9.17, 15) is 32.5 Å². The fourth-order valence-corrected chi connectivity index (χ4v) is 6.90. The van der Waals surface area contributed by atoms with Gasteiger partial charge in [-0.05, 0) is 78.9 Å². The molecule has 2 heterocycles. The second-order valence-corrected chi connectivity index (χ2v) is 12.6. The summed E-state index contributed by atoms with van der Waals surface area (Å²) in [5.74, 6) is -1.04. The van der Waals surface area contributed by atoms with Crippen LogP contribution < -0.4 is 9.08 Å². The second kappa shape index (κ2) is 13.2. The molecular weight excluding hydrogens is 584 g/mol. The Morgan fingerprint density at radius 1 is 0.884 bits per heavy atom. The van der Waals surface area contributed by atoms with Gasteiger partial charge < -0.3 is 33.9 Å². The van der Waals surface area contributed by atoms with Gasteiger partial charge in [-0.3, -0.25) is 0 Å². The third kappa shape index (κ3) is 7.34. The first-order chi connectivity index (χ1) is 20.5. The van der Waals surface area contributed by atoms with Crippen molar-refractivity contribution in [3.8, 4) is 5.75 Å². The molecule has 0 spiro atoms. The molecule has 3 aromatic rings. The van der Waals surface area contributed by atoms with Crippen LogP contribution in [0.15, 0.2) is 72.8 Å². The fourth-order valence-electron chi connectivity index (χ4n) is 5.75. The largest absolute Gasteiger partial charge is 0.388 e. The summed E-state index contributed by atoms with van der Waals surface area (Å²) in [6.45, 7) is 0.763. The Kier molecular flexibility index (Phi) is 9.64. The van der Waals surface area contributed by atoms with Gasteiger partial charge in [-0.2, -0.15) is 8.42 Å². The smallest absolute Gasteiger partial charge is 0.311 e. The van der Waals surface area contributed by atoms with Crippen molar-refractivity contribution in [1.29, 1.82) is 0 Å². The maximum absolute atomic E-state index is 13.6. The highest BCUT2D eigenvalue weighted by Gasteiger charge is 2.46. The number of anilines is 1. The average Bonchev–Trinajstić information content (AvgIpc) is 2.97. The maximum atomic E-state index is 13.6. The van der Waals surface area contributed by atoms with E-state index in [1.165, 1.54) is 31.4 Å². The maximum Gasteiger partial charge on any atom is 0.311 e. The molecule has 3 N–H and O–H groups in total. The van der Waals surface area contributed by atoms with Gasteiger partial charge in [-0.25, -0.2) is 8.78 Å². The van der Waals surface area contributed by atoms with Crippen LogP contribution >= 0.6 is 0 Å². The number of rotatable bonds is 11. The number of hydrogen-bond donors (Lipinski definition) is 3. The van der Waals surface area contributed by atoms with Crippen molar-refractivity contribution in [3.63, 3.8) is 0 Å². The van der Waals surface area contributed by atoms with E-state index in [2.05, 4.69) is 4.90 Å². The zero-order chi connectivity index (χ0) is 30.7. The van der Waals surface area contributed by atoms with E-state index in [0.717, 1.165) is 42.6 Å². The number of hydrogen-bond acceptors (Lipinski definition) is 9. The Morgan fingerprint density at radius 3 is 2.14 bits per heavy atom. The first-order valence-electron chi connectivity index (χ1n) is 14.1. The van der Waals surface area contributed by atoms with E-state index in [1.807, 2.05) is 0 Å². The number of methoxy groups -OCH3 is 1. The van der Waals surface area contributed by atoms with Crippen LogP contribution in [0.25, 0.3) is 0 Å². The molecule has 43 heavy (non-hydrogen) atoms. The molecule has 12 heteroatoms. The van der Waals surface area contributed by atoms with Crippen LogP contribution in [0, 0.1) is 17.6 Å². The van der Waals surface area contributed by atoms with Crippen LogP contribution in [-0.2, 0) is 26.0 Å². The van der Waals surface area contributed by atoms with Gasteiger partial charge in [0.2, 0.25) is 0 Å². The van der Waals surface area contributed by atoms with Crippen molar-refractivity contribution >= 4 is 15.8 Å². The highest BCUT2D eigenvalue weighted by molar-refractivity contribution is 7.87. The molecule has 0 aromatic heterocycles. The van der Waals surface area contributed by atoms with Gasteiger partial charge in [0, 0.05) is 25.3 Å². The van der Waals surface area contributed by atoms with E-state index in [-0.39, 0.29) is 29.3 Å². The lowest BCUT2D eigenvalue weighted by atomic mass is 9.79. The van der Waals surface area contributed by atoms with Crippen molar-refractivity contribution < 1.29 is 46.2 Å². The SMILES string of the molecule is CO[C@H]1O[C@H](CS(=O)(=O)Oc2ccc([C@@H]3[C@@H](CCCc4ccc(F)cc4)CN3c3ccc(F)cc3)cc2)[C@@H](O)[C@H](O)[C@H]1O. The van der Waals surface area contributed by atoms with Gasteiger partial charge in [-0.15, -0.1) is 0 Å². The molecule has 7 atom stereocenters. The Hall–Kier alpha value is -3.13. The first kappa shape index (κ1) is 31.3. The number of aliphatic hydroxyl groups is 3. The monoisotopic (exact) mass is 619 g/mol. The molecule has 0 radical (unpaired) electrons. The topological polar surface area (TPSA) is 126 Å². The third-order valence-electron chi connectivity index (χ3n) is 8.04. The van der Waals surface area contributed by atoms with Crippen molar-refractivity contribution in [1.82, 2.24) is 0 Å². The van der Waals surface area contributed by atoms with E-state index >= 15 is 0 Å². The average molecular weight is 620 g/mol. The van der Waals surface area contributed by atoms with Crippen LogP contribution in [-0.4, -0.2) is 73.9 Å². The molecule has 0 amide bonds. The van der Waals surface area contributed by atoms with Crippen LogP contribution in [0.2, 0.25) is 0 Å². The molecule has 2 aliphatic rings. The zero-order valence-electron chi connectivity index (χ0n) is 23.5. The molecule has 2 saturated heterocycles. The zero-order valence-corrected chi connectivity index (χ0v) is 24.3. The molecule has 9 nitrogen and oxygen atoms in total. The van der Waals surface area contributed by atoms with Gasteiger partial charge in [0.05, 0.1) is 6.04 Å². The minimum Gasteiger partial charge on any atom is -0.388 e. The van der Waals surface area contributed by atoms with E-state index in [1.54, 1.807) is 48.5 Å². The number of halogens is 2. The van der Waals surface area contributed by atoms with E-state index < -0.39 is 46.6 Å². The van der Waals surface area contributed by atoms with Gasteiger partial charge >= 0.3 is 10.1 Å². The highest BCUT2D eigenvalue weighted by atomic mass is 32.2. The summed E-state index contributed by atoms with van der Waals surface area (Å²) < 4.78 is 67.9. The highest BCUT2D eigenvalue weighted by Crippen LogP contribution is 2.45. The lowest BCUT2D eigenvalue weighted by molar-refractivity contribution is -0.285. The number of aryl methyl sites for hydroxylation is 1. The minimum atomic E-state index is -4.28. The summed E-state index contributed by atoms with van der Waals surface area (Å²) in [7, 11) is -3.06. The Labute approximate surface area is 249 Å².